The van der Waals surface area contributed by atoms with Crippen molar-refractivity contribution >= 4 is 111 Å². The third-order valence-electron chi connectivity index (χ3n) is 20.4. The second kappa shape index (κ2) is 35.2. The molecule has 3 fully saturated rings. The average molecular weight is 1730 g/mol. The third-order valence-corrected chi connectivity index (χ3v) is 25.2. The van der Waals surface area contributed by atoms with Gasteiger partial charge < -0.3 is 54.5 Å². The number of carbonyl (C=O) groups is 3. The van der Waals surface area contributed by atoms with Crippen molar-refractivity contribution in [2.45, 2.75) is 147 Å². The van der Waals surface area contributed by atoms with E-state index in [1.807, 2.05) is 39.1 Å². The molecular formula is C71H79ClF3N15O19S6. The topological polar surface area (TPSA) is 505 Å². The van der Waals surface area contributed by atoms with E-state index in [2.05, 4.69) is 72.9 Å². The Morgan fingerprint density at radius 1 is 0.557 bits per heavy atom. The first-order chi connectivity index (χ1) is 54.5. The minimum Gasteiger partial charge on any atom is -0.449 e. The summed E-state index contributed by atoms with van der Waals surface area (Å²) in [4.78, 5) is 77.8. The van der Waals surface area contributed by atoms with Gasteiger partial charge in [-0.3, -0.25) is 26.9 Å². The summed E-state index contributed by atoms with van der Waals surface area (Å²) in [6.45, 7) is 9.01. The summed E-state index contributed by atoms with van der Waals surface area (Å²) < 4.78 is 146. The molecule has 9 aromatic heterocycles. The van der Waals surface area contributed by atoms with Crippen LogP contribution in [0.4, 0.5) is 30.6 Å². The number of carbonyl (C=O) groups excluding carboxylic acids is 3. The summed E-state index contributed by atoms with van der Waals surface area (Å²) in [5, 5.41) is 55.5. The Bertz CT molecular complexity index is 5300. The molecule has 0 aromatic carbocycles. The van der Waals surface area contributed by atoms with E-state index in [0.717, 1.165) is 56.3 Å². The van der Waals surface area contributed by atoms with Gasteiger partial charge in [0.15, 0.2) is 5.22 Å². The molecule has 0 radical (unpaired) electrons. The van der Waals surface area contributed by atoms with Crippen LogP contribution in [0.2, 0.25) is 5.22 Å². The van der Waals surface area contributed by atoms with Gasteiger partial charge in [0.2, 0.25) is 17.3 Å². The molecule has 0 spiro atoms. The van der Waals surface area contributed by atoms with Crippen molar-refractivity contribution in [2.24, 2.45) is 33.2 Å². The molecule has 34 nitrogen and oxygen atoms in total. The number of pyridine rings is 1. The molecule has 12 N–H and O–H groups in total. The van der Waals surface area contributed by atoms with Crippen molar-refractivity contribution in [3.05, 3.63) is 188 Å². The van der Waals surface area contributed by atoms with Crippen LogP contribution in [-0.4, -0.2) is 178 Å². The number of halogens is 4. The maximum atomic E-state index is 13.6. The fourth-order valence-corrected chi connectivity index (χ4v) is 19.2. The first-order valence-corrected chi connectivity index (χ1v) is 43.2. The van der Waals surface area contributed by atoms with E-state index < -0.39 is 90.7 Å². The summed E-state index contributed by atoms with van der Waals surface area (Å²) >= 11 is 9.97. The molecular weight excluding hydrogens is 1650 g/mol. The van der Waals surface area contributed by atoms with Crippen LogP contribution in [0.1, 0.15) is 174 Å². The highest BCUT2D eigenvalue weighted by molar-refractivity contribution is 7.84. The Hall–Kier alpha value is -8.16. The summed E-state index contributed by atoms with van der Waals surface area (Å²) in [6.07, 6.45) is 4.54. The van der Waals surface area contributed by atoms with Crippen LogP contribution in [0.25, 0.3) is 0 Å². The third kappa shape index (κ3) is 20.3. The fourth-order valence-electron chi connectivity index (χ4n) is 14.9. The number of alkyl halides is 3. The lowest BCUT2D eigenvalue weighted by Gasteiger charge is -2.26. The molecule has 3 aliphatic heterocycles. The average Bonchev–Trinajstić information content (AvgIpc) is 1.65. The second-order valence-corrected chi connectivity index (χ2v) is 36.1. The molecule has 3 unspecified atom stereocenters. The highest BCUT2D eigenvalue weighted by atomic mass is 35.5. The Labute approximate surface area is 673 Å². The number of aliphatic hydroxyl groups is 3. The number of thiophene rings is 3. The van der Waals surface area contributed by atoms with Crippen LogP contribution in [0.15, 0.2) is 84.6 Å². The number of hydrogen-bond donors (Lipinski definition) is 9. The Morgan fingerprint density at radius 3 is 1.40 bits per heavy atom. The number of aliphatic hydroxyl groups excluding tert-OH is 3. The number of imidazole rings is 1. The van der Waals surface area contributed by atoms with Gasteiger partial charge in [-0.2, -0.15) is 38.4 Å². The van der Waals surface area contributed by atoms with Gasteiger partial charge in [0, 0.05) is 117 Å². The van der Waals surface area contributed by atoms with E-state index in [1.165, 1.54) is 77.6 Å². The molecule has 9 aromatic rings. The van der Waals surface area contributed by atoms with Crippen molar-refractivity contribution in [2.75, 3.05) is 55.6 Å². The molecule has 616 valence electrons. The van der Waals surface area contributed by atoms with Gasteiger partial charge >= 0.3 is 37.1 Å². The largest absolute Gasteiger partial charge is 0.449 e. The van der Waals surface area contributed by atoms with Crippen molar-refractivity contribution < 1.29 is 99.3 Å². The maximum Gasteiger partial charge on any atom is 0.433 e. The number of anilines is 3. The van der Waals surface area contributed by atoms with E-state index in [0.29, 0.717) is 118 Å². The number of ketones is 3. The van der Waals surface area contributed by atoms with Gasteiger partial charge in [0.1, 0.15) is 72.0 Å². The van der Waals surface area contributed by atoms with Gasteiger partial charge in [-0.25, -0.2) is 55.3 Å². The van der Waals surface area contributed by atoms with Crippen LogP contribution < -0.4 is 31.4 Å². The Kier molecular flexibility index (Phi) is 25.9. The highest BCUT2D eigenvalue weighted by Gasteiger charge is 2.41. The molecule has 0 saturated heterocycles. The lowest BCUT2D eigenvalue weighted by molar-refractivity contribution is -0.141. The lowest BCUT2D eigenvalue weighted by Crippen LogP contribution is -2.24. The predicted octanol–water partition coefficient (Wildman–Crippen LogP) is 7.16. The van der Waals surface area contributed by atoms with Gasteiger partial charge in [-0.05, 0) is 120 Å². The second-order valence-electron chi connectivity index (χ2n) is 28.3. The molecule has 6 aliphatic rings. The number of furan rings is 1. The van der Waals surface area contributed by atoms with Crippen LogP contribution in [0.3, 0.4) is 0 Å². The van der Waals surface area contributed by atoms with Crippen LogP contribution in [-0.2, 0) is 83.2 Å². The molecule has 115 heavy (non-hydrogen) atoms. The predicted molar refractivity (Wildman–Crippen MR) is 410 cm³/mol. The smallest absolute Gasteiger partial charge is 0.433 e. The maximum absolute atomic E-state index is 13.6. The van der Waals surface area contributed by atoms with E-state index in [1.54, 1.807) is 19.1 Å². The number of nitrogens with zero attached hydrogens (tertiary/aromatic N) is 9. The van der Waals surface area contributed by atoms with Crippen LogP contribution in [0.5, 0.6) is 0 Å². The van der Waals surface area contributed by atoms with Crippen LogP contribution in [0, 0.1) is 45.4 Å². The highest BCUT2D eigenvalue weighted by Crippen LogP contribution is 2.44. The monoisotopic (exact) mass is 1730 g/mol. The molecule has 3 aliphatic carbocycles. The number of aromatic nitrogens is 9. The van der Waals surface area contributed by atoms with Crippen LogP contribution >= 0.6 is 45.6 Å². The van der Waals surface area contributed by atoms with E-state index in [9.17, 15) is 68.1 Å². The Morgan fingerprint density at radius 2 is 0.965 bits per heavy atom. The van der Waals surface area contributed by atoms with E-state index in [4.69, 9.17) is 45.6 Å². The van der Waals surface area contributed by atoms with E-state index in [-0.39, 0.29) is 90.8 Å². The number of nitrogens with one attached hydrogen (secondary N) is 3. The zero-order valence-electron chi connectivity index (χ0n) is 61.6. The molecule has 15 rings (SSSR count). The summed E-state index contributed by atoms with van der Waals surface area (Å²) in [7, 11) is -12.3. The molecule has 44 heteroatoms. The normalized spacial score (nSPS) is 23.4. The minimum absolute atomic E-state index is 0.154. The molecule has 3 saturated carbocycles. The van der Waals surface area contributed by atoms with Gasteiger partial charge in [-0.1, -0.05) is 6.07 Å². The van der Waals surface area contributed by atoms with Gasteiger partial charge in [0.05, 0.1) is 95.0 Å². The zero-order chi connectivity index (χ0) is 82.2. The molecule has 0 bridgehead atoms. The van der Waals surface area contributed by atoms with Crippen molar-refractivity contribution in [3.8, 4) is 0 Å². The first-order valence-electron chi connectivity index (χ1n) is 35.9. The van der Waals surface area contributed by atoms with Gasteiger partial charge in [0.25, 0.3) is 0 Å². The number of ether oxygens (including phenoxy) is 3. The first kappa shape index (κ1) is 84.7. The van der Waals surface area contributed by atoms with Gasteiger partial charge in [-0.15, -0.1) is 34.0 Å². The van der Waals surface area contributed by atoms with Crippen molar-refractivity contribution in [3.63, 3.8) is 0 Å². The number of hydrogen-bond acceptors (Lipinski definition) is 33. The minimum atomic E-state index is -4.61. The SMILES string of the molecule is Cc1sc(C(=O)c2cncnc2N[C@@H]2C[C@H](COS(N)(=O)=O)[C@@H](O)C2)cc1C1OCCc2ccc(C(F)(F)F)nc21.Cc1sc(C(=O)c2cncnc2N[C@@H]2C[C@H](COS(N)(=O)=O)[C@@H](O)C2)cc1C1OCCc2oc(Cl)cc21.Cc1sc(C(=O)c2cncnc2N[C@@H]2C[C@H](COS(N)(=O)=O)[C@@H](O)C2)cc1C1OCCn2c(C)cnc21. The lowest BCUT2D eigenvalue weighted by atomic mass is 9.97. The Balaban J connectivity index is 0.000000151. The van der Waals surface area contributed by atoms with E-state index >= 15 is 0 Å². The summed E-state index contributed by atoms with van der Waals surface area (Å²) in [5.74, 6) is 0.257. The molecule has 12 heterocycles. The molecule has 12 atom stereocenters. The quantitative estimate of drug-likeness (QED) is 0.0271. The summed E-state index contributed by atoms with van der Waals surface area (Å²) in [5.41, 5.74) is 4.82. The molecule has 0 amide bonds. The number of aryl methyl sites for hydroxylation is 4. The zero-order valence-corrected chi connectivity index (χ0v) is 67.3. The number of nitrogens with two attached hydrogens (primary N) is 3. The van der Waals surface area contributed by atoms with Crippen molar-refractivity contribution in [1.29, 1.82) is 0 Å². The summed E-state index contributed by atoms with van der Waals surface area (Å²) in [6, 6.07) is 8.55. The standard InChI is InChI=1S/C25H26F3N5O6S2.C23H25ClN4O7S2.C23H28N6O6S2/c1-12-16(23-21-13(4-5-38-23)2-3-20(33-21)25(26,27)28)8-19(40-12)22(35)17-9-30-11-31-24(17)32-15-6-14(18(34)7-15)10-39-41(29,36)37;1-11-14(22-15-7-20(24)35-18(15)2-3-33-22)6-19(36-11)21(30)16-8-26-10-27-23(16)28-13-4-12(17(29)5-13)9-34-37(25,31)32;1-12-8-26-23-21(34-4-3-29(12)23)16-7-19(36-13(16)2)20(31)17-9-25-11-27-22(17)28-15-5-14(18(30)6-15)10-35-37(24,32)33/h2-3,8-9,11,14-15,18,23,34H,4-7,10H2,1H3,(H2,29,36,37)(H,30,31,32);6-8,10,12-13,17,22,29H,2-5,9H2,1H3,(H2,25,31,32)(H,26,27,28);7-9,11,14-15,18,21,30H,3-6,10H2,1-2H3,(H2,24,32,33)(H,25,27,28)/t14-,15-,18+,23?;12-,13-,17+,22?;14-,15-,18+,21?/m111/s1. The fraction of sp³-hybridized carbons (Fsp3) is 0.451. The number of fused-ring (bicyclic) bond motifs is 3. The van der Waals surface area contributed by atoms with Crippen molar-refractivity contribution in [1.82, 2.24) is 44.4 Å². The number of rotatable bonds is 24.